The van der Waals surface area contributed by atoms with Crippen molar-refractivity contribution in [3.05, 3.63) is 16.7 Å². The van der Waals surface area contributed by atoms with Crippen molar-refractivity contribution < 1.29 is 13.5 Å². The van der Waals surface area contributed by atoms with Crippen molar-refractivity contribution in [2.45, 2.75) is 4.90 Å². The largest absolute Gasteiger partial charge is 0.395 e. The van der Waals surface area contributed by atoms with Gasteiger partial charge >= 0.3 is 0 Å². The molecule has 0 radical (unpaired) electrons. The van der Waals surface area contributed by atoms with Crippen LogP contribution in [0.15, 0.2) is 21.6 Å². The average molecular weight is 380 g/mol. The molecule has 2 heterocycles. The van der Waals surface area contributed by atoms with E-state index in [1.807, 2.05) is 4.90 Å². The highest BCUT2D eigenvalue weighted by molar-refractivity contribution is 9.10. The second-order valence-electron chi connectivity index (χ2n) is 4.61. The van der Waals surface area contributed by atoms with Crippen molar-refractivity contribution in [3.63, 3.8) is 0 Å². The summed E-state index contributed by atoms with van der Waals surface area (Å²) in [7, 11) is -3.66. The zero-order valence-corrected chi connectivity index (χ0v) is 13.8. The Bertz CT molecular complexity index is 590. The summed E-state index contributed by atoms with van der Waals surface area (Å²) in [4.78, 5) is 6.04. The fourth-order valence-corrected chi connectivity index (χ4v) is 4.24. The summed E-state index contributed by atoms with van der Waals surface area (Å²) in [6.07, 6.45) is 1.48. The van der Waals surface area contributed by atoms with Crippen molar-refractivity contribution in [1.29, 1.82) is 0 Å². The number of pyridine rings is 1. The van der Waals surface area contributed by atoms with E-state index in [9.17, 15) is 8.42 Å². The topological polar surface area (TPSA) is 112 Å². The lowest BCUT2D eigenvalue weighted by atomic mass is 10.4. The van der Waals surface area contributed by atoms with Crippen LogP contribution in [0.3, 0.4) is 0 Å². The van der Waals surface area contributed by atoms with Crippen LogP contribution in [0.1, 0.15) is 0 Å². The number of piperazine rings is 1. The summed E-state index contributed by atoms with van der Waals surface area (Å²) in [6.45, 7) is 2.56. The number of halogens is 1. The number of aromatic nitrogens is 1. The number of aliphatic hydroxyl groups is 1. The lowest BCUT2D eigenvalue weighted by molar-refractivity contribution is 0.151. The molecule has 1 aromatic rings. The Morgan fingerprint density at radius 1 is 1.38 bits per heavy atom. The van der Waals surface area contributed by atoms with Gasteiger partial charge in [-0.2, -0.15) is 4.31 Å². The number of hydrazine groups is 1. The van der Waals surface area contributed by atoms with Crippen LogP contribution < -0.4 is 11.3 Å². The predicted molar refractivity (Wildman–Crippen MR) is 82.0 cm³/mol. The number of aliphatic hydroxyl groups excluding tert-OH is 1. The molecule has 118 valence electrons. The van der Waals surface area contributed by atoms with Gasteiger partial charge in [-0.1, -0.05) is 0 Å². The van der Waals surface area contributed by atoms with Gasteiger partial charge in [0.05, 0.1) is 6.61 Å². The summed E-state index contributed by atoms with van der Waals surface area (Å²) in [5.41, 5.74) is 2.32. The SMILES string of the molecule is NNc1ncc(Br)cc1S(=O)(=O)N1CCN(CCO)CC1. The summed E-state index contributed by atoms with van der Waals surface area (Å²) < 4.78 is 27.3. The van der Waals surface area contributed by atoms with Crippen molar-refractivity contribution in [2.75, 3.05) is 44.8 Å². The molecule has 1 aliphatic heterocycles. The molecule has 1 aromatic heterocycles. The lowest BCUT2D eigenvalue weighted by Crippen LogP contribution is -2.49. The molecule has 1 saturated heterocycles. The number of rotatable bonds is 5. The van der Waals surface area contributed by atoms with Crippen LogP contribution >= 0.6 is 15.9 Å². The molecule has 4 N–H and O–H groups in total. The number of nitrogens with one attached hydrogen (secondary N) is 1. The second-order valence-corrected chi connectivity index (χ2v) is 7.44. The van der Waals surface area contributed by atoms with Crippen molar-refractivity contribution in [2.24, 2.45) is 5.84 Å². The van der Waals surface area contributed by atoms with E-state index in [1.54, 1.807) is 0 Å². The highest BCUT2D eigenvalue weighted by Crippen LogP contribution is 2.26. The Morgan fingerprint density at radius 2 is 2.05 bits per heavy atom. The molecule has 8 nitrogen and oxygen atoms in total. The first kappa shape index (κ1) is 16.6. The molecule has 21 heavy (non-hydrogen) atoms. The number of sulfonamides is 1. The fraction of sp³-hybridized carbons (Fsp3) is 0.545. The van der Waals surface area contributed by atoms with Crippen LogP contribution in [-0.2, 0) is 10.0 Å². The van der Waals surface area contributed by atoms with E-state index in [1.165, 1.54) is 16.6 Å². The molecular weight excluding hydrogens is 362 g/mol. The minimum atomic E-state index is -3.66. The van der Waals surface area contributed by atoms with E-state index in [-0.39, 0.29) is 17.3 Å². The summed E-state index contributed by atoms with van der Waals surface area (Å²) in [6, 6.07) is 1.48. The molecule has 2 rings (SSSR count). The average Bonchev–Trinajstić information content (AvgIpc) is 2.48. The lowest BCUT2D eigenvalue weighted by Gasteiger charge is -2.33. The van der Waals surface area contributed by atoms with Gasteiger partial charge in [-0.25, -0.2) is 19.2 Å². The van der Waals surface area contributed by atoms with Gasteiger partial charge in [0, 0.05) is 43.4 Å². The Kier molecular flexibility index (Phi) is 5.52. The Labute approximate surface area is 132 Å². The standard InChI is InChI=1S/C11H18BrN5O3S/c12-9-7-10(11(15-13)14-8-9)21(19,20)17-3-1-16(2-4-17)5-6-18/h7-8,18H,1-6,13H2,(H,14,15). The third kappa shape index (κ3) is 3.71. The molecule has 0 spiro atoms. The molecule has 1 aliphatic rings. The van der Waals surface area contributed by atoms with Gasteiger partial charge < -0.3 is 10.5 Å². The van der Waals surface area contributed by atoms with Gasteiger partial charge in [-0.05, 0) is 22.0 Å². The van der Waals surface area contributed by atoms with E-state index in [4.69, 9.17) is 10.9 Å². The Morgan fingerprint density at radius 3 is 2.62 bits per heavy atom. The number of anilines is 1. The van der Waals surface area contributed by atoms with Crippen LogP contribution in [0, 0.1) is 0 Å². The maximum atomic E-state index is 12.7. The second kappa shape index (κ2) is 6.99. The van der Waals surface area contributed by atoms with E-state index >= 15 is 0 Å². The Balaban J connectivity index is 2.21. The Hall–Kier alpha value is -0.780. The molecule has 1 fully saturated rings. The number of nitrogen functional groups attached to an aromatic ring is 1. The van der Waals surface area contributed by atoms with E-state index in [0.717, 1.165) is 0 Å². The van der Waals surface area contributed by atoms with Crippen LogP contribution in [0.4, 0.5) is 5.82 Å². The van der Waals surface area contributed by atoms with Crippen molar-refractivity contribution in [1.82, 2.24) is 14.2 Å². The molecular formula is C11H18BrN5O3S. The number of hydrogen-bond donors (Lipinski definition) is 3. The molecule has 10 heteroatoms. The summed E-state index contributed by atoms with van der Waals surface area (Å²) >= 11 is 3.22. The first-order chi connectivity index (χ1) is 9.98. The van der Waals surface area contributed by atoms with Crippen LogP contribution in [0.5, 0.6) is 0 Å². The summed E-state index contributed by atoms with van der Waals surface area (Å²) in [5.74, 6) is 5.46. The van der Waals surface area contributed by atoms with E-state index in [0.29, 0.717) is 37.2 Å². The minimum absolute atomic E-state index is 0.0509. The number of β-amino-alcohol motifs (C(OH)–C–C–N with tert-alkyl or cyclic N) is 1. The van der Waals surface area contributed by atoms with E-state index < -0.39 is 10.0 Å². The van der Waals surface area contributed by atoms with Crippen LogP contribution in [0.25, 0.3) is 0 Å². The first-order valence-electron chi connectivity index (χ1n) is 6.44. The third-order valence-corrected chi connectivity index (χ3v) is 5.67. The molecule has 0 bridgehead atoms. The smallest absolute Gasteiger partial charge is 0.246 e. The highest BCUT2D eigenvalue weighted by Gasteiger charge is 2.30. The van der Waals surface area contributed by atoms with Gasteiger partial charge in [0.1, 0.15) is 4.90 Å². The maximum Gasteiger partial charge on any atom is 0.246 e. The van der Waals surface area contributed by atoms with Crippen molar-refractivity contribution in [3.8, 4) is 0 Å². The van der Waals surface area contributed by atoms with Crippen molar-refractivity contribution >= 4 is 31.8 Å². The quantitative estimate of drug-likeness (QED) is 0.463. The van der Waals surface area contributed by atoms with Gasteiger partial charge in [-0.15, -0.1) is 0 Å². The van der Waals surface area contributed by atoms with Crippen LogP contribution in [0.2, 0.25) is 0 Å². The zero-order chi connectivity index (χ0) is 15.5. The van der Waals surface area contributed by atoms with Gasteiger partial charge in [0.25, 0.3) is 0 Å². The molecule has 0 aliphatic carbocycles. The monoisotopic (exact) mass is 379 g/mol. The maximum absolute atomic E-state index is 12.7. The highest BCUT2D eigenvalue weighted by atomic mass is 79.9. The van der Waals surface area contributed by atoms with Gasteiger partial charge in [-0.3, -0.25) is 4.90 Å². The van der Waals surface area contributed by atoms with Gasteiger partial charge in [0.15, 0.2) is 5.82 Å². The first-order valence-corrected chi connectivity index (χ1v) is 8.68. The number of nitrogens with two attached hydrogens (primary N) is 1. The molecule has 0 saturated carbocycles. The van der Waals surface area contributed by atoms with Crippen LogP contribution in [-0.4, -0.2) is 67.0 Å². The number of hydrogen-bond acceptors (Lipinski definition) is 7. The van der Waals surface area contributed by atoms with E-state index in [2.05, 4.69) is 26.3 Å². The fourth-order valence-electron chi connectivity index (χ4n) is 2.20. The molecule has 0 amide bonds. The molecule has 0 unspecified atom stereocenters. The third-order valence-electron chi connectivity index (χ3n) is 3.32. The normalized spacial score (nSPS) is 17.9. The summed E-state index contributed by atoms with van der Waals surface area (Å²) in [5, 5.41) is 8.91. The minimum Gasteiger partial charge on any atom is -0.395 e. The number of nitrogens with zero attached hydrogens (tertiary/aromatic N) is 3. The zero-order valence-electron chi connectivity index (χ0n) is 11.4. The molecule has 0 atom stereocenters. The van der Waals surface area contributed by atoms with Gasteiger partial charge in [0.2, 0.25) is 10.0 Å². The molecule has 0 aromatic carbocycles. The predicted octanol–water partition coefficient (Wildman–Crippen LogP) is -0.572.